The van der Waals surface area contributed by atoms with Crippen LogP contribution in [-0.2, 0) is 11.2 Å². The number of ether oxygens (including phenoxy) is 2. The molecule has 10 heteroatoms. The van der Waals surface area contributed by atoms with Gasteiger partial charge in [-0.3, -0.25) is 9.78 Å². The van der Waals surface area contributed by atoms with Crippen molar-refractivity contribution < 1.29 is 19.4 Å². The van der Waals surface area contributed by atoms with Crippen molar-refractivity contribution in [2.24, 2.45) is 0 Å². The molecule has 0 aliphatic carbocycles. The van der Waals surface area contributed by atoms with Crippen LogP contribution in [0.25, 0.3) is 0 Å². The number of aryl methyl sites for hydroxylation is 1. The molecule has 0 fully saturated rings. The molecule has 164 valence electrons. The van der Waals surface area contributed by atoms with Crippen molar-refractivity contribution in [2.45, 2.75) is 25.8 Å². The summed E-state index contributed by atoms with van der Waals surface area (Å²) in [6, 6.07) is 8.59. The Bertz CT molecular complexity index is 1190. The highest BCUT2D eigenvalue weighted by Crippen LogP contribution is 2.40. The Balaban J connectivity index is 1.57. The zero-order valence-corrected chi connectivity index (χ0v) is 17.4. The Morgan fingerprint density at radius 3 is 3.00 bits per heavy atom. The van der Waals surface area contributed by atoms with Gasteiger partial charge in [0.15, 0.2) is 17.3 Å². The van der Waals surface area contributed by atoms with E-state index in [-0.39, 0.29) is 19.3 Å². The molecule has 5 rings (SSSR count). The molecule has 1 atom stereocenters. The van der Waals surface area contributed by atoms with E-state index in [0.717, 1.165) is 5.56 Å². The van der Waals surface area contributed by atoms with Gasteiger partial charge in [0.2, 0.25) is 12.7 Å². The molecule has 1 aromatic carbocycles. The van der Waals surface area contributed by atoms with E-state index in [4.69, 9.17) is 9.47 Å². The second kappa shape index (κ2) is 8.31. The highest BCUT2D eigenvalue weighted by Gasteiger charge is 2.35. The lowest BCUT2D eigenvalue weighted by Gasteiger charge is -2.28. The summed E-state index contributed by atoms with van der Waals surface area (Å²) in [5, 5.41) is 19.9. The van der Waals surface area contributed by atoms with Gasteiger partial charge in [-0.2, -0.15) is 10.1 Å². The van der Waals surface area contributed by atoms with Gasteiger partial charge in [-0.15, -0.1) is 0 Å². The van der Waals surface area contributed by atoms with E-state index in [0.29, 0.717) is 53.1 Å². The van der Waals surface area contributed by atoms with E-state index in [9.17, 15) is 9.90 Å². The number of nitrogens with zero attached hydrogens (tertiary/aromatic N) is 4. The molecular weight excluding hydrogens is 412 g/mol. The topological polar surface area (TPSA) is 123 Å². The highest BCUT2D eigenvalue weighted by molar-refractivity contribution is 6.05. The number of aromatic nitrogens is 4. The van der Waals surface area contributed by atoms with Crippen LogP contribution < -0.4 is 20.1 Å². The molecule has 3 N–H and O–H groups in total. The molecule has 0 spiro atoms. The normalized spacial score (nSPS) is 16.5. The van der Waals surface area contributed by atoms with Crippen molar-refractivity contribution in [3.8, 4) is 11.5 Å². The molecule has 0 radical (unpaired) electrons. The predicted molar refractivity (Wildman–Crippen MR) is 115 cm³/mol. The number of pyridine rings is 1. The first-order chi connectivity index (χ1) is 15.6. The smallest absolute Gasteiger partial charge is 0.255 e. The van der Waals surface area contributed by atoms with Crippen LogP contribution in [0, 0.1) is 0 Å². The number of carbonyl (C=O) groups excluding carboxylic acids is 1. The quantitative estimate of drug-likeness (QED) is 0.540. The summed E-state index contributed by atoms with van der Waals surface area (Å²) in [7, 11) is 0. The van der Waals surface area contributed by atoms with Gasteiger partial charge in [-0.1, -0.05) is 6.07 Å². The van der Waals surface area contributed by atoms with E-state index >= 15 is 0 Å². The molecule has 2 aliphatic heterocycles. The summed E-state index contributed by atoms with van der Waals surface area (Å²) in [6.07, 6.45) is 4.32. The lowest BCUT2D eigenvalue weighted by Crippen LogP contribution is -2.31. The van der Waals surface area contributed by atoms with Crippen molar-refractivity contribution in [1.82, 2.24) is 19.7 Å². The van der Waals surface area contributed by atoms with Gasteiger partial charge in [0.25, 0.3) is 5.91 Å². The molecule has 0 bridgehead atoms. The van der Waals surface area contributed by atoms with E-state index in [1.807, 2.05) is 25.1 Å². The average molecular weight is 434 g/mol. The Kier molecular flexibility index (Phi) is 5.20. The summed E-state index contributed by atoms with van der Waals surface area (Å²) < 4.78 is 12.7. The van der Waals surface area contributed by atoms with E-state index in [1.165, 1.54) is 0 Å². The maximum atomic E-state index is 13.4. The monoisotopic (exact) mass is 434 g/mol. The van der Waals surface area contributed by atoms with Crippen molar-refractivity contribution in [3.63, 3.8) is 0 Å². The summed E-state index contributed by atoms with van der Waals surface area (Å²) >= 11 is 0. The van der Waals surface area contributed by atoms with Crippen LogP contribution in [0.15, 0.2) is 54.0 Å². The van der Waals surface area contributed by atoms with Crippen LogP contribution in [0.2, 0.25) is 0 Å². The number of allylic oxidation sites excluding steroid dienone is 1. The minimum atomic E-state index is -0.534. The largest absolute Gasteiger partial charge is 0.454 e. The van der Waals surface area contributed by atoms with Crippen molar-refractivity contribution in [1.29, 1.82) is 0 Å². The minimum Gasteiger partial charge on any atom is -0.454 e. The van der Waals surface area contributed by atoms with Crippen LogP contribution in [-0.4, -0.2) is 44.2 Å². The predicted octanol–water partition coefficient (Wildman–Crippen LogP) is 2.25. The highest BCUT2D eigenvalue weighted by atomic mass is 16.7. The third-order valence-corrected chi connectivity index (χ3v) is 5.33. The van der Waals surface area contributed by atoms with E-state index in [1.54, 1.807) is 29.2 Å². The number of anilines is 2. The van der Waals surface area contributed by atoms with Crippen LogP contribution in [0.4, 0.5) is 11.6 Å². The van der Waals surface area contributed by atoms with Crippen LogP contribution in [0.3, 0.4) is 0 Å². The summed E-state index contributed by atoms with van der Waals surface area (Å²) in [5.41, 5.74) is 2.57. The third kappa shape index (κ3) is 3.65. The molecule has 32 heavy (non-hydrogen) atoms. The van der Waals surface area contributed by atoms with Gasteiger partial charge in [-0.05, 0) is 43.2 Å². The van der Waals surface area contributed by atoms with Crippen molar-refractivity contribution in [3.05, 3.63) is 65.4 Å². The molecule has 1 unspecified atom stereocenters. The number of benzene rings is 1. The van der Waals surface area contributed by atoms with Gasteiger partial charge in [0, 0.05) is 24.9 Å². The Morgan fingerprint density at radius 1 is 1.31 bits per heavy atom. The third-order valence-electron chi connectivity index (χ3n) is 5.33. The zero-order chi connectivity index (χ0) is 22.1. The molecule has 4 heterocycles. The first-order valence-electron chi connectivity index (χ1n) is 10.3. The number of hydrogen-bond donors (Lipinski definition) is 3. The number of fused-ring (bicyclic) bond motifs is 2. The molecule has 2 aromatic heterocycles. The van der Waals surface area contributed by atoms with E-state index in [2.05, 4.69) is 25.7 Å². The summed E-state index contributed by atoms with van der Waals surface area (Å²) in [6.45, 7) is 2.05. The number of nitrogens with one attached hydrogen (secondary N) is 2. The molecular formula is C22H22N6O4. The maximum Gasteiger partial charge on any atom is 0.255 e. The van der Waals surface area contributed by atoms with E-state index < -0.39 is 6.04 Å². The second-order valence-electron chi connectivity index (χ2n) is 7.50. The van der Waals surface area contributed by atoms with Gasteiger partial charge in [0.05, 0.1) is 17.5 Å². The standard InChI is InChI=1S/C22H22N6O4/c1-13-19(21(30)25-15-4-2-8-23-11-15)20(14-6-7-16-17(10-14)32-12-31-16)28-22(24-13)26-18(27-28)5-3-9-29/h2,4,6-8,10-11,20,29H,3,5,9,12H2,1H3,(H,25,30)(H,24,26,27). The van der Waals surface area contributed by atoms with Crippen LogP contribution in [0.5, 0.6) is 11.5 Å². The van der Waals surface area contributed by atoms with Gasteiger partial charge < -0.3 is 25.2 Å². The second-order valence-corrected chi connectivity index (χ2v) is 7.50. The SMILES string of the molecule is CC1=C(C(=O)Nc2cccnc2)C(c2ccc3c(c2)OCO3)n2nc(CCCO)nc2N1. The fourth-order valence-corrected chi connectivity index (χ4v) is 3.86. The fourth-order valence-electron chi connectivity index (χ4n) is 3.86. The first-order valence-corrected chi connectivity index (χ1v) is 10.3. The Morgan fingerprint density at radius 2 is 2.19 bits per heavy atom. The molecule has 0 saturated carbocycles. The number of aliphatic hydroxyl groups is 1. The first kappa shape index (κ1) is 20.0. The average Bonchev–Trinajstić information content (AvgIpc) is 3.43. The summed E-state index contributed by atoms with van der Waals surface area (Å²) in [5.74, 6) is 2.13. The van der Waals surface area contributed by atoms with Crippen LogP contribution in [0.1, 0.15) is 30.8 Å². The molecule has 2 aliphatic rings. The van der Waals surface area contributed by atoms with Crippen molar-refractivity contribution in [2.75, 3.05) is 24.0 Å². The lowest BCUT2D eigenvalue weighted by atomic mass is 9.94. The molecule has 0 saturated heterocycles. The number of rotatable bonds is 6. The van der Waals surface area contributed by atoms with Gasteiger partial charge in [-0.25, -0.2) is 4.68 Å². The number of hydrogen-bond acceptors (Lipinski definition) is 8. The minimum absolute atomic E-state index is 0.0545. The number of amides is 1. The van der Waals surface area contributed by atoms with Crippen molar-refractivity contribution >= 4 is 17.5 Å². The molecule has 3 aromatic rings. The van der Waals surface area contributed by atoms with Gasteiger partial charge >= 0.3 is 0 Å². The fraction of sp³-hybridized carbons (Fsp3) is 0.273. The van der Waals surface area contributed by atoms with Gasteiger partial charge in [0.1, 0.15) is 6.04 Å². The van der Waals surface area contributed by atoms with Crippen LogP contribution >= 0.6 is 0 Å². The molecule has 10 nitrogen and oxygen atoms in total. The Labute approximate surface area is 183 Å². The summed E-state index contributed by atoms with van der Waals surface area (Å²) in [4.78, 5) is 22.0. The zero-order valence-electron chi connectivity index (χ0n) is 17.4. The number of carbonyl (C=O) groups is 1. The number of aliphatic hydroxyl groups excluding tert-OH is 1. The maximum absolute atomic E-state index is 13.4. The Hall–Kier alpha value is -3.92. The molecule has 1 amide bonds. The lowest BCUT2D eigenvalue weighted by molar-refractivity contribution is -0.113.